The summed E-state index contributed by atoms with van der Waals surface area (Å²) in [4.78, 5) is 7.82. The van der Waals surface area contributed by atoms with Crippen LogP contribution in [-0.2, 0) is 0 Å². The summed E-state index contributed by atoms with van der Waals surface area (Å²) < 4.78 is 2.62. The largest absolute Gasteiger partial charge is 0.324 e. The molecule has 1 saturated carbocycles. The minimum atomic E-state index is 0.598. The minimum absolute atomic E-state index is 0.598. The number of imidazole rings is 1. The van der Waals surface area contributed by atoms with Gasteiger partial charge in [-0.3, -0.25) is 0 Å². The number of hydrogen-bond acceptors (Lipinski definition) is 3. The molecule has 5 rings (SSSR count). The second-order valence-electron chi connectivity index (χ2n) is 9.43. The minimum Gasteiger partial charge on any atom is -0.324 e. The smallest absolute Gasteiger partial charge is 0.115 e. The molecule has 1 N–H and O–H groups in total. The molecule has 2 aromatic rings. The zero-order valence-corrected chi connectivity index (χ0v) is 17.3. The van der Waals surface area contributed by atoms with E-state index >= 15 is 0 Å². The molecule has 0 spiro atoms. The van der Waals surface area contributed by atoms with Gasteiger partial charge in [0.25, 0.3) is 0 Å². The predicted octanol–water partition coefficient (Wildman–Crippen LogP) is 4.72. The molecule has 0 amide bonds. The number of nitrogens with zero attached hydrogens (tertiary/aromatic N) is 3. The van der Waals surface area contributed by atoms with Crippen LogP contribution < -0.4 is 5.32 Å². The molecule has 0 unspecified atom stereocenters. The molecule has 4 nitrogen and oxygen atoms in total. The van der Waals surface area contributed by atoms with E-state index in [1.165, 1.54) is 94.3 Å². The molecule has 0 atom stereocenters. The topological polar surface area (TPSA) is 33.1 Å². The van der Waals surface area contributed by atoms with E-state index in [0.29, 0.717) is 12.0 Å². The molecule has 152 valence electrons. The van der Waals surface area contributed by atoms with Gasteiger partial charge in [-0.25, -0.2) is 4.98 Å². The number of para-hydroxylation sites is 2. The van der Waals surface area contributed by atoms with Gasteiger partial charge >= 0.3 is 0 Å². The molecule has 4 heteroatoms. The lowest BCUT2D eigenvalue weighted by atomic mass is 9.90. The van der Waals surface area contributed by atoms with E-state index in [0.717, 1.165) is 19.0 Å². The third-order valence-corrected chi connectivity index (χ3v) is 7.43. The number of likely N-dealkylation sites (tertiary alicyclic amines) is 1. The number of rotatable bonds is 4. The molecular weight excluding hydrogens is 344 g/mol. The summed E-state index contributed by atoms with van der Waals surface area (Å²) >= 11 is 0. The second kappa shape index (κ2) is 8.54. The Hall–Kier alpha value is -1.39. The highest BCUT2D eigenvalue weighted by molar-refractivity contribution is 5.76. The standard InChI is InChI=1S/C24H36N4/c1-2-4-8-19(9-5-3-1)18-27-14-12-21(13-15-27)28-23-11-7-6-10-22(23)26-24(28)20-16-25-17-20/h6-7,10-11,19-21,25H,1-5,8-9,12-18H2. The fourth-order valence-electron chi connectivity index (χ4n) is 5.65. The number of fused-ring (bicyclic) bond motifs is 1. The second-order valence-corrected chi connectivity index (χ2v) is 9.43. The number of piperidine rings is 1. The Morgan fingerprint density at radius 3 is 2.32 bits per heavy atom. The highest BCUT2D eigenvalue weighted by Gasteiger charge is 2.30. The first-order valence-electron chi connectivity index (χ1n) is 11.8. The molecular formula is C24H36N4. The number of aromatic nitrogens is 2. The molecule has 2 aliphatic heterocycles. The van der Waals surface area contributed by atoms with Crippen LogP contribution in [0.3, 0.4) is 0 Å². The fourth-order valence-corrected chi connectivity index (χ4v) is 5.65. The monoisotopic (exact) mass is 380 g/mol. The summed E-state index contributed by atoms with van der Waals surface area (Å²) in [5.41, 5.74) is 2.53. The Balaban J connectivity index is 1.26. The van der Waals surface area contributed by atoms with Crippen molar-refractivity contribution in [3.05, 3.63) is 30.1 Å². The summed E-state index contributed by atoms with van der Waals surface area (Å²) in [6.07, 6.45) is 12.8. The van der Waals surface area contributed by atoms with Gasteiger partial charge in [0.15, 0.2) is 0 Å². The van der Waals surface area contributed by atoms with Crippen molar-refractivity contribution in [1.29, 1.82) is 0 Å². The molecule has 0 bridgehead atoms. The lowest BCUT2D eigenvalue weighted by Gasteiger charge is -2.37. The maximum absolute atomic E-state index is 5.05. The molecule has 3 fully saturated rings. The zero-order valence-electron chi connectivity index (χ0n) is 17.3. The van der Waals surface area contributed by atoms with E-state index in [1.54, 1.807) is 0 Å². The van der Waals surface area contributed by atoms with Crippen LogP contribution >= 0.6 is 0 Å². The van der Waals surface area contributed by atoms with Gasteiger partial charge in [-0.15, -0.1) is 0 Å². The van der Waals surface area contributed by atoms with Crippen LogP contribution in [0.2, 0.25) is 0 Å². The van der Waals surface area contributed by atoms with Crippen molar-refractivity contribution >= 4 is 11.0 Å². The Morgan fingerprint density at radius 1 is 0.893 bits per heavy atom. The lowest BCUT2D eigenvalue weighted by molar-refractivity contribution is 0.151. The predicted molar refractivity (Wildman–Crippen MR) is 116 cm³/mol. The van der Waals surface area contributed by atoms with Gasteiger partial charge in [-0.05, 0) is 43.7 Å². The third kappa shape index (κ3) is 3.86. The first-order chi connectivity index (χ1) is 13.9. The van der Waals surface area contributed by atoms with Crippen LogP contribution in [0.4, 0.5) is 0 Å². The first-order valence-corrected chi connectivity index (χ1v) is 11.8. The Morgan fingerprint density at radius 2 is 1.61 bits per heavy atom. The fraction of sp³-hybridized carbons (Fsp3) is 0.708. The van der Waals surface area contributed by atoms with Crippen molar-refractivity contribution in [2.75, 3.05) is 32.7 Å². The molecule has 1 aromatic carbocycles. The van der Waals surface area contributed by atoms with Gasteiger partial charge in [0.2, 0.25) is 0 Å². The Bertz CT molecular complexity index is 762. The van der Waals surface area contributed by atoms with Gasteiger partial charge in [0.05, 0.1) is 11.0 Å². The SMILES string of the molecule is c1ccc2c(c1)nc(C1CNC1)n2C1CCN(CC2CCCCCCC2)CC1. The summed E-state index contributed by atoms with van der Waals surface area (Å²) in [5.74, 6) is 2.88. The van der Waals surface area contributed by atoms with Crippen molar-refractivity contribution in [3.63, 3.8) is 0 Å². The van der Waals surface area contributed by atoms with Crippen molar-refractivity contribution in [2.24, 2.45) is 5.92 Å². The van der Waals surface area contributed by atoms with Crippen LogP contribution in [0, 0.1) is 5.92 Å². The van der Waals surface area contributed by atoms with Gasteiger partial charge in [-0.2, -0.15) is 0 Å². The van der Waals surface area contributed by atoms with Crippen LogP contribution in [0.15, 0.2) is 24.3 Å². The van der Waals surface area contributed by atoms with Crippen LogP contribution in [0.1, 0.15) is 75.6 Å². The summed E-state index contributed by atoms with van der Waals surface area (Å²) in [6.45, 7) is 6.04. The first kappa shape index (κ1) is 18.6. The molecule has 1 aromatic heterocycles. The maximum Gasteiger partial charge on any atom is 0.115 e. The lowest BCUT2D eigenvalue weighted by Crippen LogP contribution is -2.43. The van der Waals surface area contributed by atoms with Crippen LogP contribution in [-0.4, -0.2) is 47.2 Å². The van der Waals surface area contributed by atoms with Crippen molar-refractivity contribution in [1.82, 2.24) is 19.8 Å². The van der Waals surface area contributed by atoms with Crippen molar-refractivity contribution in [2.45, 2.75) is 69.7 Å². The van der Waals surface area contributed by atoms with E-state index in [2.05, 4.69) is 39.0 Å². The zero-order chi connectivity index (χ0) is 18.8. The molecule has 3 heterocycles. The molecule has 3 aliphatic rings. The number of nitrogens with one attached hydrogen (secondary N) is 1. The van der Waals surface area contributed by atoms with E-state index in [9.17, 15) is 0 Å². The number of benzene rings is 1. The van der Waals surface area contributed by atoms with Gasteiger partial charge in [0, 0.05) is 44.7 Å². The van der Waals surface area contributed by atoms with Crippen LogP contribution in [0.5, 0.6) is 0 Å². The summed E-state index contributed by atoms with van der Waals surface area (Å²) in [5, 5.41) is 3.43. The van der Waals surface area contributed by atoms with Gasteiger partial charge < -0.3 is 14.8 Å². The summed E-state index contributed by atoms with van der Waals surface area (Å²) in [6, 6.07) is 9.38. The Labute approximate surface area is 169 Å². The third-order valence-electron chi connectivity index (χ3n) is 7.43. The highest BCUT2D eigenvalue weighted by atomic mass is 15.2. The number of hydrogen-bond donors (Lipinski definition) is 1. The van der Waals surface area contributed by atoms with E-state index in [4.69, 9.17) is 4.98 Å². The average molecular weight is 381 g/mol. The highest BCUT2D eigenvalue weighted by Crippen LogP contribution is 2.33. The van der Waals surface area contributed by atoms with E-state index < -0.39 is 0 Å². The van der Waals surface area contributed by atoms with E-state index in [1.807, 2.05) is 0 Å². The normalized spacial score (nSPS) is 24.1. The van der Waals surface area contributed by atoms with Gasteiger partial charge in [0.1, 0.15) is 5.82 Å². The van der Waals surface area contributed by atoms with Crippen LogP contribution in [0.25, 0.3) is 11.0 Å². The quantitative estimate of drug-likeness (QED) is 0.833. The molecule has 0 radical (unpaired) electrons. The van der Waals surface area contributed by atoms with E-state index in [-0.39, 0.29) is 0 Å². The average Bonchev–Trinajstić information content (AvgIpc) is 3.02. The Kier molecular flexibility index (Phi) is 5.68. The summed E-state index contributed by atoms with van der Waals surface area (Å²) in [7, 11) is 0. The van der Waals surface area contributed by atoms with Crippen molar-refractivity contribution < 1.29 is 0 Å². The molecule has 2 saturated heterocycles. The van der Waals surface area contributed by atoms with Crippen molar-refractivity contribution in [3.8, 4) is 0 Å². The van der Waals surface area contributed by atoms with Gasteiger partial charge in [-0.1, -0.05) is 44.2 Å². The molecule has 1 aliphatic carbocycles. The maximum atomic E-state index is 5.05. The molecule has 28 heavy (non-hydrogen) atoms.